The summed E-state index contributed by atoms with van der Waals surface area (Å²) in [6, 6.07) is 10.8. The molecule has 1 aliphatic rings. The largest absolute Gasteiger partial charge is 0.416 e. The van der Waals surface area contributed by atoms with Gasteiger partial charge >= 0.3 is 6.18 Å². The minimum atomic E-state index is -4.49. The summed E-state index contributed by atoms with van der Waals surface area (Å²) in [5, 5.41) is 5.22. The number of carbonyl (C=O) groups excluding carboxylic acids is 1. The third kappa shape index (κ3) is 6.24. The molecule has 34 heavy (non-hydrogen) atoms. The summed E-state index contributed by atoms with van der Waals surface area (Å²) in [6.45, 7) is 2.94. The molecular formula is C23H22ClF3N4OS2. The maximum absolute atomic E-state index is 13.3. The quantitative estimate of drug-likeness (QED) is 0.401. The molecular weight excluding hydrogens is 505 g/mol. The number of amides is 1. The third-order valence-corrected chi connectivity index (χ3v) is 7.66. The maximum atomic E-state index is 13.3. The van der Waals surface area contributed by atoms with E-state index >= 15 is 0 Å². The molecule has 0 saturated carbocycles. The predicted molar refractivity (Wildman–Crippen MR) is 133 cm³/mol. The number of nitrogens with one attached hydrogen (secondary N) is 1. The minimum absolute atomic E-state index is 0.0337. The van der Waals surface area contributed by atoms with E-state index in [1.165, 1.54) is 29.2 Å². The highest BCUT2D eigenvalue weighted by Crippen LogP contribution is 2.36. The van der Waals surface area contributed by atoms with Crippen molar-refractivity contribution in [1.29, 1.82) is 0 Å². The van der Waals surface area contributed by atoms with Crippen LogP contribution in [-0.2, 0) is 11.0 Å². The van der Waals surface area contributed by atoms with Gasteiger partial charge in [-0.2, -0.15) is 13.2 Å². The molecule has 0 atom stereocenters. The van der Waals surface area contributed by atoms with Crippen LogP contribution >= 0.6 is 34.7 Å². The summed E-state index contributed by atoms with van der Waals surface area (Å²) in [5.41, 5.74) is 1.67. The van der Waals surface area contributed by atoms with Gasteiger partial charge in [0.15, 0.2) is 4.34 Å². The number of alkyl halides is 3. The van der Waals surface area contributed by atoms with Crippen molar-refractivity contribution >= 4 is 52.0 Å². The van der Waals surface area contributed by atoms with Crippen molar-refractivity contribution < 1.29 is 18.0 Å². The zero-order valence-electron chi connectivity index (χ0n) is 18.2. The topological polar surface area (TPSA) is 48.5 Å². The van der Waals surface area contributed by atoms with E-state index in [4.69, 9.17) is 11.6 Å². The number of hydrogen-bond acceptors (Lipinski definition) is 6. The summed E-state index contributed by atoms with van der Waals surface area (Å²) in [6.07, 6.45) is -4.49. The lowest BCUT2D eigenvalue weighted by atomic mass is 10.1. The molecule has 2 heterocycles. The molecule has 1 aliphatic heterocycles. The molecule has 1 amide bonds. The first-order valence-corrected chi connectivity index (χ1v) is 12.7. The highest BCUT2D eigenvalue weighted by molar-refractivity contribution is 8.01. The maximum Gasteiger partial charge on any atom is 0.416 e. The monoisotopic (exact) mass is 526 g/mol. The smallest absolute Gasteiger partial charge is 0.367 e. The SMILES string of the molecule is CN1CCN(c2ccc(C(F)(F)F)cc2NC(=O)CSc2nc(-c3ccc(Cl)cc3)cs2)CC1. The van der Waals surface area contributed by atoms with E-state index in [2.05, 4.69) is 15.2 Å². The summed E-state index contributed by atoms with van der Waals surface area (Å²) in [4.78, 5) is 21.4. The Morgan fingerprint density at radius 3 is 2.53 bits per heavy atom. The fourth-order valence-electron chi connectivity index (χ4n) is 3.53. The number of piperazine rings is 1. The van der Waals surface area contributed by atoms with Crippen molar-refractivity contribution in [3.8, 4) is 11.3 Å². The number of thiazole rings is 1. The Hall–Kier alpha value is -2.27. The second kappa shape index (κ2) is 10.6. The molecule has 1 N–H and O–H groups in total. The van der Waals surface area contributed by atoms with Gasteiger partial charge in [-0.1, -0.05) is 35.5 Å². The van der Waals surface area contributed by atoms with E-state index in [1.807, 2.05) is 29.5 Å². The number of carbonyl (C=O) groups is 1. The van der Waals surface area contributed by atoms with E-state index < -0.39 is 11.7 Å². The van der Waals surface area contributed by atoms with Crippen LogP contribution in [0.5, 0.6) is 0 Å². The number of halogens is 4. The zero-order chi connectivity index (χ0) is 24.3. The van der Waals surface area contributed by atoms with Gasteiger partial charge in [-0.3, -0.25) is 4.79 Å². The summed E-state index contributed by atoms with van der Waals surface area (Å²) in [7, 11) is 2.00. The molecule has 180 valence electrons. The van der Waals surface area contributed by atoms with Gasteiger partial charge in [-0.15, -0.1) is 11.3 Å². The van der Waals surface area contributed by atoms with Gasteiger partial charge in [-0.25, -0.2) is 4.98 Å². The fourth-order valence-corrected chi connectivity index (χ4v) is 5.29. The zero-order valence-corrected chi connectivity index (χ0v) is 20.6. The normalized spacial score (nSPS) is 14.9. The van der Waals surface area contributed by atoms with Gasteiger partial charge in [0.05, 0.1) is 28.4 Å². The van der Waals surface area contributed by atoms with Gasteiger partial charge in [0.2, 0.25) is 5.91 Å². The Labute approximate surface area is 208 Å². The Balaban J connectivity index is 1.45. The van der Waals surface area contributed by atoms with Crippen LogP contribution in [0.2, 0.25) is 5.02 Å². The molecule has 4 rings (SSSR count). The van der Waals surface area contributed by atoms with E-state index in [0.29, 0.717) is 28.1 Å². The lowest BCUT2D eigenvalue weighted by Crippen LogP contribution is -2.44. The standard InChI is InChI=1S/C23H22ClF3N4OS2/c1-30-8-10-31(11-9-30)20-7-4-16(23(25,26)27)12-18(20)28-21(32)14-34-22-29-19(13-33-22)15-2-5-17(24)6-3-15/h2-7,12-13H,8-11,14H2,1H3,(H,28,32). The number of hydrogen-bond donors (Lipinski definition) is 1. The molecule has 5 nitrogen and oxygen atoms in total. The van der Waals surface area contributed by atoms with Crippen LogP contribution in [0.15, 0.2) is 52.2 Å². The van der Waals surface area contributed by atoms with Crippen molar-refractivity contribution in [1.82, 2.24) is 9.88 Å². The number of rotatable bonds is 6. The van der Waals surface area contributed by atoms with Gasteiger partial charge in [0.25, 0.3) is 0 Å². The van der Waals surface area contributed by atoms with Crippen LogP contribution in [0.3, 0.4) is 0 Å². The van der Waals surface area contributed by atoms with Crippen molar-refractivity contribution in [3.63, 3.8) is 0 Å². The Kier molecular flexibility index (Phi) is 7.71. The molecule has 11 heteroatoms. The van der Waals surface area contributed by atoms with Crippen LogP contribution in [0.25, 0.3) is 11.3 Å². The molecule has 1 fully saturated rings. The number of benzene rings is 2. The average Bonchev–Trinajstić information content (AvgIpc) is 3.27. The summed E-state index contributed by atoms with van der Waals surface area (Å²) < 4.78 is 40.6. The lowest BCUT2D eigenvalue weighted by molar-refractivity contribution is -0.137. The molecule has 0 spiro atoms. The predicted octanol–water partition coefficient (Wildman–Crippen LogP) is 5.96. The molecule has 0 unspecified atom stereocenters. The highest BCUT2D eigenvalue weighted by Gasteiger charge is 2.32. The average molecular weight is 527 g/mol. The first-order chi connectivity index (χ1) is 16.2. The number of aromatic nitrogens is 1. The van der Waals surface area contributed by atoms with Gasteiger partial charge < -0.3 is 15.1 Å². The van der Waals surface area contributed by atoms with Crippen LogP contribution in [-0.4, -0.2) is 54.8 Å². The lowest BCUT2D eigenvalue weighted by Gasteiger charge is -2.35. The van der Waals surface area contributed by atoms with Gasteiger partial charge in [-0.05, 0) is 37.4 Å². The molecule has 1 aromatic heterocycles. The van der Waals surface area contributed by atoms with Crippen LogP contribution in [0, 0.1) is 0 Å². The summed E-state index contributed by atoms with van der Waals surface area (Å²) >= 11 is 8.57. The molecule has 0 radical (unpaired) electrons. The molecule has 3 aromatic rings. The van der Waals surface area contributed by atoms with Gasteiger partial charge in [0.1, 0.15) is 0 Å². The Bertz CT molecular complexity index is 1150. The summed E-state index contributed by atoms with van der Waals surface area (Å²) in [5.74, 6) is -0.352. The number of thioether (sulfide) groups is 1. The third-order valence-electron chi connectivity index (χ3n) is 5.39. The second-order valence-corrected chi connectivity index (χ2v) is 10.4. The van der Waals surface area contributed by atoms with E-state index in [1.54, 1.807) is 12.1 Å². The van der Waals surface area contributed by atoms with Crippen molar-refractivity contribution in [2.45, 2.75) is 10.5 Å². The van der Waals surface area contributed by atoms with Crippen molar-refractivity contribution in [2.75, 3.05) is 49.2 Å². The first kappa shape index (κ1) is 24.8. The number of nitrogens with zero attached hydrogens (tertiary/aromatic N) is 3. The van der Waals surface area contributed by atoms with Crippen LogP contribution in [0.1, 0.15) is 5.56 Å². The van der Waals surface area contributed by atoms with E-state index in [0.717, 1.165) is 36.5 Å². The van der Waals surface area contributed by atoms with Crippen molar-refractivity contribution in [3.05, 3.63) is 58.4 Å². The second-order valence-electron chi connectivity index (χ2n) is 7.86. The van der Waals surface area contributed by atoms with Gasteiger partial charge in [0, 0.05) is 42.1 Å². The van der Waals surface area contributed by atoms with Crippen molar-refractivity contribution in [2.24, 2.45) is 0 Å². The molecule has 0 bridgehead atoms. The van der Waals surface area contributed by atoms with E-state index in [-0.39, 0.29) is 17.3 Å². The number of anilines is 2. The minimum Gasteiger partial charge on any atom is -0.367 e. The Morgan fingerprint density at radius 1 is 1.15 bits per heavy atom. The molecule has 2 aromatic carbocycles. The van der Waals surface area contributed by atoms with Crippen LogP contribution in [0.4, 0.5) is 24.5 Å². The number of likely N-dealkylation sites (N-methyl/N-ethyl adjacent to an activating group) is 1. The van der Waals surface area contributed by atoms with Crippen LogP contribution < -0.4 is 10.2 Å². The molecule has 0 aliphatic carbocycles. The van der Waals surface area contributed by atoms with E-state index in [9.17, 15) is 18.0 Å². The fraction of sp³-hybridized carbons (Fsp3) is 0.304. The Morgan fingerprint density at radius 2 is 1.85 bits per heavy atom. The first-order valence-electron chi connectivity index (χ1n) is 10.5. The molecule has 1 saturated heterocycles. The highest BCUT2D eigenvalue weighted by atomic mass is 35.5.